The molecule has 1 aromatic carbocycles. The van der Waals surface area contributed by atoms with Crippen LogP contribution in [0.25, 0.3) is 10.3 Å². The number of carbonyl (C=O) groups is 1. The molecular weight excluding hydrogens is 364 g/mol. The van der Waals surface area contributed by atoms with Crippen molar-refractivity contribution in [2.24, 2.45) is 0 Å². The Morgan fingerprint density at radius 2 is 1.85 bits per heavy atom. The van der Waals surface area contributed by atoms with Gasteiger partial charge in [-0.15, -0.1) is 0 Å². The fraction of sp³-hybridized carbons (Fsp3) is 0.333. The molecule has 0 saturated carbocycles. The molecule has 9 heteroatoms. The molecule has 4 heterocycles. The van der Waals surface area contributed by atoms with Crippen LogP contribution in [0, 0.1) is 0 Å². The molecule has 5 rings (SSSR count). The lowest BCUT2D eigenvalue weighted by molar-refractivity contribution is 0.112. The monoisotopic (exact) mass is 382 g/mol. The number of anilines is 3. The number of aldehydes is 1. The minimum atomic E-state index is -0.649. The van der Waals surface area contributed by atoms with Crippen LogP contribution in [0.1, 0.15) is 22.6 Å². The van der Waals surface area contributed by atoms with Crippen LogP contribution < -0.4 is 15.5 Å². The second kappa shape index (κ2) is 6.14. The molecule has 138 valence electrons. The van der Waals surface area contributed by atoms with Crippen molar-refractivity contribution in [3.05, 3.63) is 35.1 Å². The van der Waals surface area contributed by atoms with E-state index in [0.29, 0.717) is 34.4 Å². The predicted molar refractivity (Wildman–Crippen MR) is 105 cm³/mol. The lowest BCUT2D eigenvalue weighted by Gasteiger charge is -2.30. The maximum atomic E-state index is 11.3. The summed E-state index contributed by atoms with van der Waals surface area (Å²) in [6.07, 6.45) is 0.763. The number of morpholine rings is 1. The van der Waals surface area contributed by atoms with Gasteiger partial charge in [-0.3, -0.25) is 4.79 Å². The van der Waals surface area contributed by atoms with E-state index in [1.54, 1.807) is 0 Å². The predicted octanol–water partition coefficient (Wildman–Crippen LogP) is 2.45. The molecule has 0 aliphatic carbocycles. The molecule has 2 aliphatic heterocycles. The minimum Gasteiger partial charge on any atom is -0.378 e. The second-order valence-electron chi connectivity index (χ2n) is 6.71. The highest BCUT2D eigenvalue weighted by molar-refractivity contribution is 7.19. The Balaban J connectivity index is 1.64. The molecule has 1 saturated heterocycles. The van der Waals surface area contributed by atoms with Crippen LogP contribution in [0.5, 0.6) is 0 Å². The van der Waals surface area contributed by atoms with Gasteiger partial charge in [0.05, 0.1) is 24.6 Å². The zero-order valence-electron chi connectivity index (χ0n) is 14.7. The number of carbonyl (C=O) groups excluding carboxylic acids is 1. The molecule has 0 spiro atoms. The summed E-state index contributed by atoms with van der Waals surface area (Å²) < 4.78 is 5.47. The lowest BCUT2D eigenvalue weighted by atomic mass is 10.2. The van der Waals surface area contributed by atoms with E-state index in [4.69, 9.17) is 14.7 Å². The molecule has 0 amide bonds. The van der Waals surface area contributed by atoms with Gasteiger partial charge in [0.2, 0.25) is 0 Å². The Hall–Kier alpha value is -2.78. The first-order chi connectivity index (χ1) is 13.2. The van der Waals surface area contributed by atoms with Crippen LogP contribution >= 0.6 is 11.3 Å². The number of nitrogens with zero attached hydrogens (tertiary/aromatic N) is 4. The third-order valence-electron chi connectivity index (χ3n) is 4.81. The zero-order chi connectivity index (χ0) is 18.4. The van der Waals surface area contributed by atoms with Gasteiger partial charge in [-0.05, 0) is 19.1 Å². The van der Waals surface area contributed by atoms with Gasteiger partial charge >= 0.3 is 0 Å². The van der Waals surface area contributed by atoms with Crippen LogP contribution in [0.2, 0.25) is 0 Å². The Labute approximate surface area is 159 Å². The third kappa shape index (κ3) is 2.70. The Kier molecular flexibility index (Phi) is 3.73. The number of aromatic nitrogens is 3. The minimum absolute atomic E-state index is 0.409. The highest BCUT2D eigenvalue weighted by Gasteiger charge is 2.37. The lowest BCUT2D eigenvalue weighted by Crippen LogP contribution is -2.40. The summed E-state index contributed by atoms with van der Waals surface area (Å²) in [4.78, 5) is 28.2. The van der Waals surface area contributed by atoms with Crippen molar-refractivity contribution in [1.82, 2.24) is 15.0 Å². The van der Waals surface area contributed by atoms with Crippen LogP contribution in [0.4, 0.5) is 17.2 Å². The number of thiazole rings is 1. The van der Waals surface area contributed by atoms with Gasteiger partial charge < -0.3 is 20.3 Å². The SMILES string of the molecule is CC1(c2nc(N3CCOCC3)c3nc(C=O)sc3n2)Nc2ccccc2N1. The normalized spacial score (nSPS) is 18.0. The number of benzene rings is 1. The fourth-order valence-electron chi connectivity index (χ4n) is 3.48. The fourth-order valence-corrected chi connectivity index (χ4v) is 4.23. The quantitative estimate of drug-likeness (QED) is 0.668. The van der Waals surface area contributed by atoms with Gasteiger partial charge in [0, 0.05) is 13.1 Å². The highest BCUT2D eigenvalue weighted by Crippen LogP contribution is 2.39. The van der Waals surface area contributed by atoms with E-state index in [9.17, 15) is 4.79 Å². The summed E-state index contributed by atoms with van der Waals surface area (Å²) in [7, 11) is 0. The number of ether oxygens (including phenoxy) is 1. The van der Waals surface area contributed by atoms with E-state index in [1.807, 2.05) is 31.2 Å². The number of para-hydroxylation sites is 2. The number of nitrogens with one attached hydrogen (secondary N) is 2. The maximum Gasteiger partial charge on any atom is 0.178 e. The molecular formula is C18H18N6O2S. The van der Waals surface area contributed by atoms with Gasteiger partial charge in [-0.2, -0.15) is 0 Å². The Morgan fingerprint density at radius 3 is 2.52 bits per heavy atom. The van der Waals surface area contributed by atoms with E-state index < -0.39 is 5.66 Å². The van der Waals surface area contributed by atoms with Crippen molar-refractivity contribution >= 4 is 45.2 Å². The molecule has 0 unspecified atom stereocenters. The van der Waals surface area contributed by atoms with Gasteiger partial charge in [0.25, 0.3) is 0 Å². The summed E-state index contributed by atoms with van der Waals surface area (Å²) in [5.41, 5.74) is 2.04. The van der Waals surface area contributed by atoms with Crippen LogP contribution in [-0.2, 0) is 10.4 Å². The molecule has 27 heavy (non-hydrogen) atoms. The molecule has 2 aromatic heterocycles. The van der Waals surface area contributed by atoms with Crippen LogP contribution in [0.15, 0.2) is 24.3 Å². The van der Waals surface area contributed by atoms with E-state index in [-0.39, 0.29) is 0 Å². The number of hydrogen-bond donors (Lipinski definition) is 2. The first-order valence-corrected chi connectivity index (χ1v) is 9.60. The largest absolute Gasteiger partial charge is 0.378 e. The van der Waals surface area contributed by atoms with Crippen molar-refractivity contribution in [2.45, 2.75) is 12.6 Å². The Morgan fingerprint density at radius 1 is 1.15 bits per heavy atom. The number of hydrogen-bond acceptors (Lipinski definition) is 9. The molecule has 1 fully saturated rings. The summed E-state index contributed by atoms with van der Waals surface area (Å²) in [5.74, 6) is 1.37. The third-order valence-corrected chi connectivity index (χ3v) is 5.69. The van der Waals surface area contributed by atoms with Crippen molar-refractivity contribution in [1.29, 1.82) is 0 Å². The first-order valence-electron chi connectivity index (χ1n) is 8.79. The number of fused-ring (bicyclic) bond motifs is 2. The molecule has 2 N–H and O–H groups in total. The van der Waals surface area contributed by atoms with Crippen LogP contribution in [-0.4, -0.2) is 47.5 Å². The molecule has 0 radical (unpaired) electrons. The molecule has 0 atom stereocenters. The van der Waals surface area contributed by atoms with Gasteiger partial charge in [-0.1, -0.05) is 23.5 Å². The average Bonchev–Trinajstić information content (AvgIpc) is 3.28. The summed E-state index contributed by atoms with van der Waals surface area (Å²) in [6, 6.07) is 8.02. The zero-order valence-corrected chi connectivity index (χ0v) is 15.5. The Bertz CT molecular complexity index is 1000. The smallest absolute Gasteiger partial charge is 0.178 e. The van der Waals surface area contributed by atoms with Gasteiger partial charge in [0.15, 0.2) is 28.6 Å². The van der Waals surface area contributed by atoms with Crippen molar-refractivity contribution < 1.29 is 9.53 Å². The molecule has 8 nitrogen and oxygen atoms in total. The maximum absolute atomic E-state index is 11.3. The van der Waals surface area contributed by atoms with Gasteiger partial charge in [0.1, 0.15) is 10.3 Å². The van der Waals surface area contributed by atoms with E-state index in [2.05, 4.69) is 20.5 Å². The molecule has 0 bridgehead atoms. The standard InChI is InChI=1S/C18H18N6O2S/c1-18(22-11-4-2-3-5-12(11)23-18)17-20-15(24-6-8-26-9-7-24)14-16(21-17)27-13(10-25)19-14/h2-5,10,22-23H,6-9H2,1H3. The summed E-state index contributed by atoms with van der Waals surface area (Å²) in [6.45, 7) is 4.77. The number of rotatable bonds is 3. The molecule has 2 aliphatic rings. The van der Waals surface area contributed by atoms with E-state index >= 15 is 0 Å². The summed E-state index contributed by atoms with van der Waals surface area (Å²) in [5, 5.41) is 7.37. The average molecular weight is 382 g/mol. The molecule has 3 aromatic rings. The van der Waals surface area contributed by atoms with E-state index in [1.165, 1.54) is 11.3 Å². The first kappa shape index (κ1) is 16.4. The second-order valence-corrected chi connectivity index (χ2v) is 7.72. The van der Waals surface area contributed by atoms with Crippen molar-refractivity contribution in [3.63, 3.8) is 0 Å². The van der Waals surface area contributed by atoms with Crippen molar-refractivity contribution in [2.75, 3.05) is 41.8 Å². The van der Waals surface area contributed by atoms with Gasteiger partial charge in [-0.25, -0.2) is 15.0 Å². The van der Waals surface area contributed by atoms with Crippen molar-refractivity contribution in [3.8, 4) is 0 Å². The van der Waals surface area contributed by atoms with E-state index in [0.717, 1.165) is 36.6 Å². The highest BCUT2D eigenvalue weighted by atomic mass is 32.1. The van der Waals surface area contributed by atoms with Crippen LogP contribution in [0.3, 0.4) is 0 Å². The topological polar surface area (TPSA) is 92.3 Å². The summed E-state index contributed by atoms with van der Waals surface area (Å²) >= 11 is 1.29.